The first-order valence-electron chi connectivity index (χ1n) is 12.4. The minimum Gasteiger partial charge on any atom is -0.307 e. The Kier molecular flexibility index (Phi) is 8.34. The number of pyridine rings is 1. The number of nitrogens with one attached hydrogen (secondary N) is 1. The van der Waals surface area contributed by atoms with E-state index in [0.29, 0.717) is 34.3 Å². The van der Waals surface area contributed by atoms with Crippen LogP contribution in [-0.4, -0.2) is 26.5 Å². The molecule has 2 aromatic carbocycles. The highest BCUT2D eigenvalue weighted by molar-refractivity contribution is 6.31. The summed E-state index contributed by atoms with van der Waals surface area (Å²) in [6.07, 6.45) is 2.53. The smallest absolute Gasteiger partial charge is 0.256 e. The minimum atomic E-state index is -0.340. The van der Waals surface area contributed by atoms with Gasteiger partial charge in [-0.2, -0.15) is 5.10 Å². The van der Waals surface area contributed by atoms with Crippen molar-refractivity contribution in [3.05, 3.63) is 105 Å². The van der Waals surface area contributed by atoms with E-state index in [1.165, 1.54) is 0 Å². The summed E-state index contributed by atoms with van der Waals surface area (Å²) in [5, 5.41) is 8.78. The summed E-state index contributed by atoms with van der Waals surface area (Å²) in [6.45, 7) is 8.22. The Morgan fingerprint density at radius 2 is 1.71 bits per heavy atom. The molecule has 4 aromatic rings. The number of carbonyl (C=O) groups excluding carboxylic acids is 2. The van der Waals surface area contributed by atoms with Crippen LogP contribution in [0.25, 0.3) is 5.69 Å². The molecule has 0 saturated carbocycles. The van der Waals surface area contributed by atoms with E-state index in [1.54, 1.807) is 36.5 Å². The molecule has 38 heavy (non-hydrogen) atoms. The van der Waals surface area contributed by atoms with Gasteiger partial charge in [-0.25, -0.2) is 9.67 Å². The predicted octanol–water partition coefficient (Wildman–Crippen LogP) is 7.43. The van der Waals surface area contributed by atoms with E-state index >= 15 is 0 Å². The second-order valence-corrected chi connectivity index (χ2v) is 11.2. The van der Waals surface area contributed by atoms with Crippen LogP contribution < -0.4 is 5.32 Å². The molecule has 1 amide bonds. The van der Waals surface area contributed by atoms with Crippen LogP contribution in [-0.2, 0) is 16.6 Å². The number of anilines is 1. The lowest BCUT2D eigenvalue weighted by atomic mass is 9.91. The van der Waals surface area contributed by atoms with Gasteiger partial charge < -0.3 is 5.32 Å². The van der Waals surface area contributed by atoms with Gasteiger partial charge in [-0.05, 0) is 66.6 Å². The first kappa shape index (κ1) is 27.6. The lowest BCUT2D eigenvalue weighted by Crippen LogP contribution is -2.14. The third-order valence-electron chi connectivity index (χ3n) is 6.35. The number of benzene rings is 2. The number of ketones is 1. The van der Waals surface area contributed by atoms with Gasteiger partial charge in [0.05, 0.1) is 11.4 Å². The van der Waals surface area contributed by atoms with E-state index < -0.39 is 0 Å². The van der Waals surface area contributed by atoms with Gasteiger partial charge in [0.2, 0.25) is 0 Å². The van der Waals surface area contributed by atoms with Gasteiger partial charge in [-0.15, -0.1) is 0 Å². The third-order valence-corrected chi connectivity index (χ3v) is 6.84. The molecule has 8 heteroatoms. The largest absolute Gasteiger partial charge is 0.307 e. The molecule has 0 radical (unpaired) electrons. The molecule has 1 N–H and O–H groups in total. The van der Waals surface area contributed by atoms with Crippen LogP contribution in [0, 0.1) is 0 Å². The SMILES string of the molecule is CC(C(=O)CCc1cc(C(C)(C)C)nn1-c1cccc(Cl)c1)c1ccc(NC(=O)c2ccc(Cl)cc2)nc1. The topological polar surface area (TPSA) is 76.9 Å². The lowest BCUT2D eigenvalue weighted by molar-refractivity contribution is -0.120. The molecule has 0 aliphatic heterocycles. The molecule has 1 atom stereocenters. The van der Waals surface area contributed by atoms with E-state index in [4.69, 9.17) is 28.3 Å². The van der Waals surface area contributed by atoms with Crippen molar-refractivity contribution in [1.82, 2.24) is 14.8 Å². The molecular weight excluding hydrogens is 519 g/mol. The zero-order chi connectivity index (χ0) is 27.4. The van der Waals surface area contributed by atoms with Crippen molar-refractivity contribution in [3.8, 4) is 5.69 Å². The highest BCUT2D eigenvalue weighted by atomic mass is 35.5. The van der Waals surface area contributed by atoms with Crippen molar-refractivity contribution in [2.45, 2.75) is 51.9 Å². The van der Waals surface area contributed by atoms with E-state index in [2.05, 4.69) is 37.1 Å². The van der Waals surface area contributed by atoms with Crippen molar-refractivity contribution < 1.29 is 9.59 Å². The van der Waals surface area contributed by atoms with Crippen molar-refractivity contribution in [2.24, 2.45) is 0 Å². The number of rotatable bonds is 8. The Morgan fingerprint density at radius 1 is 0.974 bits per heavy atom. The predicted molar refractivity (Wildman–Crippen MR) is 153 cm³/mol. The van der Waals surface area contributed by atoms with Crippen molar-refractivity contribution in [2.75, 3.05) is 5.32 Å². The summed E-state index contributed by atoms with van der Waals surface area (Å²) in [4.78, 5) is 29.9. The molecule has 0 bridgehead atoms. The molecule has 0 spiro atoms. The molecule has 2 aromatic heterocycles. The molecule has 196 valence electrons. The average molecular weight is 550 g/mol. The summed E-state index contributed by atoms with van der Waals surface area (Å²) in [5.74, 6) is -0.112. The number of aromatic nitrogens is 3. The van der Waals surface area contributed by atoms with E-state index in [0.717, 1.165) is 22.6 Å². The van der Waals surface area contributed by atoms with Crippen LogP contribution in [0.3, 0.4) is 0 Å². The number of Topliss-reactive ketones (excluding diaryl/α,β-unsaturated/α-hetero) is 1. The van der Waals surface area contributed by atoms with Crippen molar-refractivity contribution in [3.63, 3.8) is 0 Å². The molecule has 0 aliphatic carbocycles. The first-order valence-corrected chi connectivity index (χ1v) is 13.2. The quantitative estimate of drug-likeness (QED) is 0.248. The van der Waals surface area contributed by atoms with Gasteiger partial charge in [-0.3, -0.25) is 9.59 Å². The minimum absolute atomic E-state index is 0.0981. The fourth-order valence-electron chi connectivity index (χ4n) is 3.97. The Hall–Kier alpha value is -3.48. The maximum absolute atomic E-state index is 13.1. The number of nitrogens with zero attached hydrogens (tertiary/aromatic N) is 3. The van der Waals surface area contributed by atoms with Crippen molar-refractivity contribution >= 4 is 40.7 Å². The van der Waals surface area contributed by atoms with Crippen LogP contribution in [0.1, 0.15) is 67.3 Å². The summed E-state index contributed by atoms with van der Waals surface area (Å²) < 4.78 is 1.88. The Bertz CT molecular complexity index is 1440. The number of hydrogen-bond acceptors (Lipinski definition) is 4. The number of carbonyl (C=O) groups is 2. The van der Waals surface area contributed by atoms with E-state index in [9.17, 15) is 9.59 Å². The fraction of sp³-hybridized carbons (Fsp3) is 0.267. The molecule has 0 saturated heterocycles. The zero-order valence-electron chi connectivity index (χ0n) is 21.8. The molecule has 4 rings (SSSR count). The monoisotopic (exact) mass is 548 g/mol. The number of amides is 1. The Labute approximate surface area is 233 Å². The molecule has 1 unspecified atom stereocenters. The van der Waals surface area contributed by atoms with Gasteiger partial charge >= 0.3 is 0 Å². The van der Waals surface area contributed by atoms with Crippen molar-refractivity contribution in [1.29, 1.82) is 0 Å². The third kappa shape index (κ3) is 6.69. The lowest BCUT2D eigenvalue weighted by Gasteiger charge is -2.14. The number of halogens is 2. The highest BCUT2D eigenvalue weighted by Crippen LogP contribution is 2.26. The van der Waals surface area contributed by atoms with E-state index in [1.807, 2.05) is 41.9 Å². The molecule has 0 fully saturated rings. The van der Waals surface area contributed by atoms with Gasteiger partial charge in [0.15, 0.2) is 0 Å². The maximum atomic E-state index is 13.1. The normalized spacial score (nSPS) is 12.3. The van der Waals surface area contributed by atoms with Crippen LogP contribution in [0.15, 0.2) is 72.9 Å². The second kappa shape index (κ2) is 11.5. The first-order chi connectivity index (χ1) is 18.0. The second-order valence-electron chi connectivity index (χ2n) is 10.3. The molecular formula is C30H30Cl2N4O2. The summed E-state index contributed by atoms with van der Waals surface area (Å²) in [5.41, 5.74) is 3.91. The maximum Gasteiger partial charge on any atom is 0.256 e. The Morgan fingerprint density at radius 3 is 2.34 bits per heavy atom. The average Bonchev–Trinajstić information content (AvgIpc) is 3.33. The van der Waals surface area contributed by atoms with Crippen LogP contribution in [0.5, 0.6) is 0 Å². The summed E-state index contributed by atoms with van der Waals surface area (Å²) in [6, 6.07) is 19.8. The van der Waals surface area contributed by atoms with Gasteiger partial charge in [0.1, 0.15) is 11.6 Å². The van der Waals surface area contributed by atoms with Gasteiger partial charge in [0, 0.05) is 45.3 Å². The summed E-state index contributed by atoms with van der Waals surface area (Å²) in [7, 11) is 0. The zero-order valence-corrected chi connectivity index (χ0v) is 23.3. The molecule has 2 heterocycles. The number of hydrogen-bond donors (Lipinski definition) is 1. The molecule has 6 nitrogen and oxygen atoms in total. The summed E-state index contributed by atoms with van der Waals surface area (Å²) >= 11 is 12.1. The van der Waals surface area contributed by atoms with Crippen LogP contribution in [0.4, 0.5) is 5.82 Å². The standard InChI is InChI=1S/C30H30Cl2N4O2/c1-19(21-10-15-28(33-18-21)34-29(38)20-8-11-22(31)12-9-20)26(37)14-13-25-17-27(30(2,3)4)35-36(25)24-7-5-6-23(32)16-24/h5-12,15-19H,13-14H2,1-4H3,(H,33,34,38). The van der Waals surface area contributed by atoms with E-state index in [-0.39, 0.29) is 23.0 Å². The highest BCUT2D eigenvalue weighted by Gasteiger charge is 2.22. The van der Waals surface area contributed by atoms with Gasteiger partial charge in [0.25, 0.3) is 5.91 Å². The Balaban J connectivity index is 1.43. The number of aryl methyl sites for hydroxylation is 1. The van der Waals surface area contributed by atoms with Gasteiger partial charge in [-0.1, -0.05) is 63.0 Å². The fourth-order valence-corrected chi connectivity index (χ4v) is 4.29. The van der Waals surface area contributed by atoms with Crippen LogP contribution >= 0.6 is 23.2 Å². The van der Waals surface area contributed by atoms with Crippen LogP contribution in [0.2, 0.25) is 10.0 Å². The molecule has 0 aliphatic rings.